The molecule has 0 aliphatic rings. The van der Waals surface area contributed by atoms with Gasteiger partial charge in [0.25, 0.3) is 0 Å². The van der Waals surface area contributed by atoms with Crippen LogP contribution in [0, 0.1) is 12.8 Å². The third-order valence-electron chi connectivity index (χ3n) is 3.69. The van der Waals surface area contributed by atoms with Crippen LogP contribution >= 0.6 is 0 Å². The van der Waals surface area contributed by atoms with Crippen LogP contribution in [0.1, 0.15) is 44.7 Å². The Morgan fingerprint density at radius 1 is 1.20 bits per heavy atom. The van der Waals surface area contributed by atoms with Crippen molar-refractivity contribution >= 4 is 0 Å². The van der Waals surface area contributed by atoms with E-state index in [1.165, 1.54) is 24.0 Å². The Balaban J connectivity index is 2.50. The summed E-state index contributed by atoms with van der Waals surface area (Å²) in [4.78, 5) is 0. The highest BCUT2D eigenvalue weighted by atomic mass is 16.5. The predicted molar refractivity (Wildman–Crippen MR) is 87.2 cm³/mol. The summed E-state index contributed by atoms with van der Waals surface area (Å²) in [5.74, 6) is 0.693. The lowest BCUT2D eigenvalue weighted by molar-refractivity contribution is 0.139. The lowest BCUT2D eigenvalue weighted by atomic mass is 9.92. The first kappa shape index (κ1) is 17.2. The maximum atomic E-state index is 5.46. The third kappa shape index (κ3) is 7.06. The summed E-state index contributed by atoms with van der Waals surface area (Å²) in [6.45, 7) is 11.5. The number of aryl methyl sites for hydroxylation is 1. The van der Waals surface area contributed by atoms with E-state index in [-0.39, 0.29) is 0 Å². The maximum Gasteiger partial charge on any atom is 0.0466 e. The van der Waals surface area contributed by atoms with Crippen molar-refractivity contribution in [2.45, 2.75) is 53.0 Å². The zero-order valence-electron chi connectivity index (χ0n) is 13.6. The second-order valence-electron chi connectivity index (χ2n) is 5.90. The van der Waals surface area contributed by atoms with Crippen LogP contribution in [-0.4, -0.2) is 25.8 Å². The smallest absolute Gasteiger partial charge is 0.0466 e. The van der Waals surface area contributed by atoms with Crippen LogP contribution in [0.5, 0.6) is 0 Å². The zero-order chi connectivity index (χ0) is 14.8. The van der Waals surface area contributed by atoms with Gasteiger partial charge in [0.2, 0.25) is 0 Å². The Morgan fingerprint density at radius 3 is 2.60 bits per heavy atom. The van der Waals surface area contributed by atoms with E-state index in [1.54, 1.807) is 0 Å². The summed E-state index contributed by atoms with van der Waals surface area (Å²) >= 11 is 0. The Morgan fingerprint density at radius 2 is 1.95 bits per heavy atom. The summed E-state index contributed by atoms with van der Waals surface area (Å²) < 4.78 is 5.46. The first-order valence-electron chi connectivity index (χ1n) is 7.99. The molecule has 1 aromatic carbocycles. The van der Waals surface area contributed by atoms with Gasteiger partial charge in [-0.1, -0.05) is 38.1 Å². The molecule has 20 heavy (non-hydrogen) atoms. The van der Waals surface area contributed by atoms with E-state index < -0.39 is 0 Å². The number of hydrogen-bond donors (Lipinski definition) is 1. The minimum Gasteiger partial charge on any atom is -0.382 e. The van der Waals surface area contributed by atoms with Gasteiger partial charge in [0, 0.05) is 19.3 Å². The molecular formula is C18H31NO. The summed E-state index contributed by atoms with van der Waals surface area (Å²) in [5.41, 5.74) is 2.89. The van der Waals surface area contributed by atoms with Gasteiger partial charge in [-0.25, -0.2) is 0 Å². The fourth-order valence-electron chi connectivity index (χ4n) is 2.45. The minimum absolute atomic E-state index is 0.557. The normalized spacial score (nSPS) is 12.8. The van der Waals surface area contributed by atoms with Gasteiger partial charge < -0.3 is 10.1 Å². The van der Waals surface area contributed by atoms with Crippen LogP contribution in [0.15, 0.2) is 24.3 Å². The Kier molecular flexibility index (Phi) is 8.56. The molecule has 0 aliphatic heterocycles. The molecule has 114 valence electrons. The SMILES string of the molecule is CCOCCCC(CNC(C)C)Cc1ccccc1C. The van der Waals surface area contributed by atoms with Gasteiger partial charge in [-0.2, -0.15) is 0 Å². The van der Waals surface area contributed by atoms with Gasteiger partial charge >= 0.3 is 0 Å². The van der Waals surface area contributed by atoms with E-state index in [0.29, 0.717) is 12.0 Å². The van der Waals surface area contributed by atoms with Crippen molar-refractivity contribution in [2.24, 2.45) is 5.92 Å². The standard InChI is InChI=1S/C18H31NO/c1-5-20-12-8-10-17(14-19-15(2)3)13-18-11-7-6-9-16(18)4/h6-7,9,11,15,17,19H,5,8,10,12-14H2,1-4H3. The van der Waals surface area contributed by atoms with Crippen LogP contribution < -0.4 is 5.32 Å². The van der Waals surface area contributed by atoms with Crippen LogP contribution in [0.25, 0.3) is 0 Å². The number of nitrogens with one attached hydrogen (secondary N) is 1. The van der Waals surface area contributed by atoms with Crippen molar-refractivity contribution < 1.29 is 4.74 Å². The maximum absolute atomic E-state index is 5.46. The average Bonchev–Trinajstić information content (AvgIpc) is 2.42. The summed E-state index contributed by atoms with van der Waals surface area (Å²) in [6, 6.07) is 9.30. The molecule has 0 amide bonds. The molecule has 0 spiro atoms. The van der Waals surface area contributed by atoms with Crippen LogP contribution in [0.3, 0.4) is 0 Å². The Bertz CT molecular complexity index is 362. The molecule has 1 atom stereocenters. The van der Waals surface area contributed by atoms with Crippen LogP contribution in [0.4, 0.5) is 0 Å². The highest BCUT2D eigenvalue weighted by Gasteiger charge is 2.11. The van der Waals surface area contributed by atoms with Crippen LogP contribution in [-0.2, 0) is 11.2 Å². The molecule has 0 aliphatic carbocycles. The summed E-state index contributed by atoms with van der Waals surface area (Å²) in [6.07, 6.45) is 3.55. The van der Waals surface area contributed by atoms with Crippen molar-refractivity contribution in [1.29, 1.82) is 0 Å². The van der Waals surface area contributed by atoms with Crippen molar-refractivity contribution in [2.75, 3.05) is 19.8 Å². The van der Waals surface area contributed by atoms with E-state index in [1.807, 2.05) is 0 Å². The van der Waals surface area contributed by atoms with Gasteiger partial charge in [-0.15, -0.1) is 0 Å². The van der Waals surface area contributed by atoms with Crippen molar-refractivity contribution in [3.63, 3.8) is 0 Å². The molecule has 1 N–H and O–H groups in total. The van der Waals surface area contributed by atoms with Crippen molar-refractivity contribution in [3.05, 3.63) is 35.4 Å². The second kappa shape index (κ2) is 9.95. The molecular weight excluding hydrogens is 246 g/mol. The minimum atomic E-state index is 0.557. The quantitative estimate of drug-likeness (QED) is 0.653. The summed E-state index contributed by atoms with van der Waals surface area (Å²) in [7, 11) is 0. The molecule has 0 aromatic heterocycles. The fraction of sp³-hybridized carbons (Fsp3) is 0.667. The highest BCUT2D eigenvalue weighted by Crippen LogP contribution is 2.17. The Labute approximate surface area is 124 Å². The lowest BCUT2D eigenvalue weighted by Gasteiger charge is -2.20. The molecule has 0 bridgehead atoms. The van der Waals surface area contributed by atoms with Gasteiger partial charge in [-0.05, 0) is 56.7 Å². The van der Waals surface area contributed by atoms with E-state index in [0.717, 1.165) is 26.2 Å². The molecule has 0 saturated heterocycles. The van der Waals surface area contributed by atoms with Gasteiger partial charge in [0.05, 0.1) is 0 Å². The predicted octanol–water partition coefficient (Wildman–Crippen LogP) is 3.97. The third-order valence-corrected chi connectivity index (χ3v) is 3.69. The molecule has 0 radical (unpaired) electrons. The molecule has 1 unspecified atom stereocenters. The van der Waals surface area contributed by atoms with E-state index >= 15 is 0 Å². The zero-order valence-corrected chi connectivity index (χ0v) is 13.6. The number of rotatable bonds is 10. The molecule has 2 heteroatoms. The monoisotopic (exact) mass is 277 g/mol. The van der Waals surface area contributed by atoms with Gasteiger partial charge in [0.1, 0.15) is 0 Å². The van der Waals surface area contributed by atoms with E-state index in [9.17, 15) is 0 Å². The highest BCUT2D eigenvalue weighted by molar-refractivity contribution is 5.25. The first-order chi connectivity index (χ1) is 9.63. The number of hydrogen-bond acceptors (Lipinski definition) is 2. The van der Waals surface area contributed by atoms with Crippen LogP contribution in [0.2, 0.25) is 0 Å². The first-order valence-corrected chi connectivity index (χ1v) is 7.99. The molecule has 0 fully saturated rings. The van der Waals surface area contributed by atoms with E-state index in [2.05, 4.69) is 57.3 Å². The molecule has 2 nitrogen and oxygen atoms in total. The van der Waals surface area contributed by atoms with Crippen molar-refractivity contribution in [3.8, 4) is 0 Å². The topological polar surface area (TPSA) is 21.3 Å². The largest absolute Gasteiger partial charge is 0.382 e. The average molecular weight is 277 g/mol. The van der Waals surface area contributed by atoms with Gasteiger partial charge in [0.15, 0.2) is 0 Å². The molecule has 0 heterocycles. The van der Waals surface area contributed by atoms with E-state index in [4.69, 9.17) is 4.74 Å². The van der Waals surface area contributed by atoms with Crippen molar-refractivity contribution in [1.82, 2.24) is 5.32 Å². The molecule has 1 aromatic rings. The summed E-state index contributed by atoms with van der Waals surface area (Å²) in [5, 5.41) is 3.59. The second-order valence-corrected chi connectivity index (χ2v) is 5.90. The Hall–Kier alpha value is -0.860. The molecule has 0 saturated carbocycles. The molecule has 1 rings (SSSR count). The fourth-order valence-corrected chi connectivity index (χ4v) is 2.45. The van der Waals surface area contributed by atoms with Gasteiger partial charge in [-0.3, -0.25) is 0 Å². The number of ether oxygens (including phenoxy) is 1. The number of benzene rings is 1. The lowest BCUT2D eigenvalue weighted by Crippen LogP contribution is -2.30.